The Balaban J connectivity index is 2.15. The van der Waals surface area contributed by atoms with E-state index in [1.165, 1.54) is 6.07 Å². The molecule has 0 radical (unpaired) electrons. The molecule has 0 amide bonds. The van der Waals surface area contributed by atoms with Gasteiger partial charge in [-0.2, -0.15) is 0 Å². The van der Waals surface area contributed by atoms with Crippen LogP contribution >= 0.6 is 31.9 Å². The number of nitrogens with two attached hydrogens (primary N) is 1. The third-order valence-electron chi connectivity index (χ3n) is 2.83. The van der Waals surface area contributed by atoms with Gasteiger partial charge in [-0.3, -0.25) is 0 Å². The molecule has 0 spiro atoms. The topological polar surface area (TPSA) is 35.2 Å². The molecule has 0 aliphatic rings. The number of halogens is 3. The van der Waals surface area contributed by atoms with Crippen LogP contribution in [-0.4, -0.2) is 6.54 Å². The van der Waals surface area contributed by atoms with Crippen molar-refractivity contribution in [2.45, 2.75) is 13.0 Å². The third kappa shape index (κ3) is 3.81. The van der Waals surface area contributed by atoms with Crippen molar-refractivity contribution in [2.24, 2.45) is 5.73 Å². The van der Waals surface area contributed by atoms with E-state index in [9.17, 15) is 4.39 Å². The third-order valence-corrected chi connectivity index (χ3v) is 4.06. The molecule has 0 atom stereocenters. The zero-order valence-corrected chi connectivity index (χ0v) is 13.9. The van der Waals surface area contributed by atoms with E-state index in [2.05, 4.69) is 31.9 Å². The molecule has 106 valence electrons. The van der Waals surface area contributed by atoms with E-state index in [0.717, 1.165) is 27.8 Å². The Morgan fingerprint density at radius 2 is 1.90 bits per heavy atom. The summed E-state index contributed by atoms with van der Waals surface area (Å²) < 4.78 is 20.4. The van der Waals surface area contributed by atoms with E-state index >= 15 is 0 Å². The minimum Gasteiger partial charge on any atom is -0.487 e. The number of benzene rings is 2. The van der Waals surface area contributed by atoms with Gasteiger partial charge in [0, 0.05) is 0 Å². The number of rotatable bonds is 5. The Bertz CT molecular complexity index is 604. The van der Waals surface area contributed by atoms with Gasteiger partial charge in [-0.1, -0.05) is 18.2 Å². The maximum absolute atomic E-state index is 13.2. The van der Waals surface area contributed by atoms with E-state index in [1.807, 2.05) is 18.2 Å². The highest BCUT2D eigenvalue weighted by Crippen LogP contribution is 2.30. The molecule has 0 aliphatic carbocycles. The van der Waals surface area contributed by atoms with Crippen LogP contribution in [-0.2, 0) is 13.0 Å². The van der Waals surface area contributed by atoms with Gasteiger partial charge in [-0.05, 0) is 74.2 Å². The number of para-hydroxylation sites is 1. The molecule has 2 N–H and O–H groups in total. The zero-order valence-electron chi connectivity index (χ0n) is 10.7. The Morgan fingerprint density at radius 1 is 1.10 bits per heavy atom. The first-order valence-corrected chi connectivity index (χ1v) is 7.74. The van der Waals surface area contributed by atoms with Crippen LogP contribution < -0.4 is 10.5 Å². The van der Waals surface area contributed by atoms with Crippen molar-refractivity contribution in [1.82, 2.24) is 0 Å². The molecule has 2 rings (SSSR count). The largest absolute Gasteiger partial charge is 0.487 e. The summed E-state index contributed by atoms with van der Waals surface area (Å²) in [4.78, 5) is 0. The van der Waals surface area contributed by atoms with E-state index in [0.29, 0.717) is 17.6 Å². The van der Waals surface area contributed by atoms with Gasteiger partial charge in [0.05, 0.1) is 8.95 Å². The molecular weight excluding hydrogens is 389 g/mol. The van der Waals surface area contributed by atoms with Crippen LogP contribution in [0.15, 0.2) is 45.3 Å². The highest BCUT2D eigenvalue weighted by molar-refractivity contribution is 9.10. The van der Waals surface area contributed by atoms with Crippen LogP contribution in [0, 0.1) is 5.82 Å². The second kappa shape index (κ2) is 7.20. The Morgan fingerprint density at radius 3 is 2.60 bits per heavy atom. The van der Waals surface area contributed by atoms with Gasteiger partial charge in [0.25, 0.3) is 0 Å². The maximum atomic E-state index is 13.2. The second-order valence-corrected chi connectivity index (χ2v) is 6.01. The summed E-state index contributed by atoms with van der Waals surface area (Å²) in [5.74, 6) is 0.511. The van der Waals surface area contributed by atoms with Crippen LogP contribution in [0.4, 0.5) is 4.39 Å². The average molecular weight is 403 g/mol. The van der Waals surface area contributed by atoms with Gasteiger partial charge in [-0.15, -0.1) is 0 Å². The Kier molecular flexibility index (Phi) is 5.57. The zero-order chi connectivity index (χ0) is 14.5. The van der Waals surface area contributed by atoms with Crippen molar-refractivity contribution in [2.75, 3.05) is 6.54 Å². The predicted molar refractivity (Wildman–Crippen MR) is 85.3 cm³/mol. The average Bonchev–Trinajstić information content (AvgIpc) is 2.42. The van der Waals surface area contributed by atoms with Gasteiger partial charge in [0.15, 0.2) is 0 Å². The van der Waals surface area contributed by atoms with Crippen molar-refractivity contribution < 1.29 is 9.13 Å². The molecule has 0 saturated heterocycles. The van der Waals surface area contributed by atoms with Crippen molar-refractivity contribution in [3.8, 4) is 5.75 Å². The molecule has 0 saturated carbocycles. The summed E-state index contributed by atoms with van der Waals surface area (Å²) >= 11 is 6.65. The lowest BCUT2D eigenvalue weighted by Crippen LogP contribution is -2.06. The molecule has 20 heavy (non-hydrogen) atoms. The van der Waals surface area contributed by atoms with Gasteiger partial charge < -0.3 is 10.5 Å². The van der Waals surface area contributed by atoms with Crippen molar-refractivity contribution >= 4 is 31.9 Å². The standard InChI is InChI=1S/C15H14Br2FNO/c16-12-3-1-2-11(6-7-19)15(12)20-9-10-4-5-14(18)13(17)8-10/h1-5,8H,6-7,9,19H2. The highest BCUT2D eigenvalue weighted by atomic mass is 79.9. The van der Waals surface area contributed by atoms with Crippen LogP contribution in [0.5, 0.6) is 5.75 Å². The molecule has 2 aromatic carbocycles. The van der Waals surface area contributed by atoms with E-state index in [4.69, 9.17) is 10.5 Å². The molecule has 5 heteroatoms. The molecule has 0 aromatic heterocycles. The number of hydrogen-bond donors (Lipinski definition) is 1. The molecule has 2 nitrogen and oxygen atoms in total. The van der Waals surface area contributed by atoms with Gasteiger partial charge in [-0.25, -0.2) is 4.39 Å². The van der Waals surface area contributed by atoms with E-state index < -0.39 is 0 Å². The summed E-state index contributed by atoms with van der Waals surface area (Å²) in [6.45, 7) is 0.938. The minimum atomic E-state index is -0.279. The number of hydrogen-bond acceptors (Lipinski definition) is 2. The molecule has 2 aromatic rings. The number of ether oxygens (including phenoxy) is 1. The minimum absolute atomic E-state index is 0.279. The summed E-state index contributed by atoms with van der Waals surface area (Å²) in [6, 6.07) is 10.7. The quantitative estimate of drug-likeness (QED) is 0.802. The molecule has 0 heterocycles. The fraction of sp³-hybridized carbons (Fsp3) is 0.200. The molecule has 0 fully saturated rings. The van der Waals surface area contributed by atoms with Crippen LogP contribution in [0.25, 0.3) is 0 Å². The second-order valence-electron chi connectivity index (χ2n) is 4.30. The summed E-state index contributed by atoms with van der Waals surface area (Å²) in [7, 11) is 0. The fourth-order valence-electron chi connectivity index (χ4n) is 1.85. The smallest absolute Gasteiger partial charge is 0.137 e. The predicted octanol–water partition coefficient (Wildman–Crippen LogP) is 4.43. The van der Waals surface area contributed by atoms with Crippen LogP contribution in [0.1, 0.15) is 11.1 Å². The molecule has 0 aliphatic heterocycles. The van der Waals surface area contributed by atoms with Gasteiger partial charge >= 0.3 is 0 Å². The van der Waals surface area contributed by atoms with Gasteiger partial charge in [0.2, 0.25) is 0 Å². The normalized spacial score (nSPS) is 10.6. The van der Waals surface area contributed by atoms with Crippen LogP contribution in [0.3, 0.4) is 0 Å². The lowest BCUT2D eigenvalue weighted by molar-refractivity contribution is 0.300. The first-order valence-electron chi connectivity index (χ1n) is 6.16. The fourth-order valence-corrected chi connectivity index (χ4v) is 2.80. The SMILES string of the molecule is NCCc1cccc(Br)c1OCc1ccc(F)c(Br)c1. The molecule has 0 bridgehead atoms. The summed E-state index contributed by atoms with van der Waals surface area (Å²) in [5, 5.41) is 0. The lowest BCUT2D eigenvalue weighted by atomic mass is 10.1. The van der Waals surface area contributed by atoms with Gasteiger partial charge in [0.1, 0.15) is 18.2 Å². The maximum Gasteiger partial charge on any atom is 0.137 e. The summed E-state index contributed by atoms with van der Waals surface area (Å²) in [6.07, 6.45) is 0.752. The van der Waals surface area contributed by atoms with E-state index in [-0.39, 0.29) is 5.82 Å². The Labute approximate surface area is 134 Å². The summed E-state index contributed by atoms with van der Waals surface area (Å²) in [5.41, 5.74) is 7.56. The van der Waals surface area contributed by atoms with E-state index in [1.54, 1.807) is 12.1 Å². The first-order chi connectivity index (χ1) is 9.61. The van der Waals surface area contributed by atoms with Crippen molar-refractivity contribution in [3.63, 3.8) is 0 Å². The van der Waals surface area contributed by atoms with Crippen molar-refractivity contribution in [3.05, 3.63) is 62.3 Å². The monoisotopic (exact) mass is 401 g/mol. The first kappa shape index (κ1) is 15.5. The van der Waals surface area contributed by atoms with Crippen molar-refractivity contribution in [1.29, 1.82) is 0 Å². The molecule has 0 unspecified atom stereocenters. The lowest BCUT2D eigenvalue weighted by Gasteiger charge is -2.13. The Hall–Kier alpha value is -0.910. The van der Waals surface area contributed by atoms with Crippen LogP contribution in [0.2, 0.25) is 0 Å². The molecular formula is C15H14Br2FNO. The highest BCUT2D eigenvalue weighted by Gasteiger charge is 2.08.